The number of hydrogen-bond acceptors (Lipinski definition) is 6. The van der Waals surface area contributed by atoms with E-state index in [9.17, 15) is 9.59 Å². The van der Waals surface area contributed by atoms with Gasteiger partial charge in [-0.3, -0.25) is 9.59 Å². The lowest BCUT2D eigenvalue weighted by atomic mass is 10.2. The molecule has 24 heavy (non-hydrogen) atoms. The van der Waals surface area contributed by atoms with Gasteiger partial charge in [-0.2, -0.15) is 0 Å². The third kappa shape index (κ3) is 3.00. The average molecular weight is 342 g/mol. The molecule has 0 bridgehead atoms. The van der Waals surface area contributed by atoms with Crippen LogP contribution in [0.2, 0.25) is 0 Å². The zero-order valence-corrected chi connectivity index (χ0v) is 13.6. The van der Waals surface area contributed by atoms with Crippen molar-refractivity contribution in [2.45, 2.75) is 25.7 Å². The summed E-state index contributed by atoms with van der Waals surface area (Å²) in [6, 6.07) is 7.08. The molecule has 0 spiro atoms. The Labute approximate surface area is 141 Å². The summed E-state index contributed by atoms with van der Waals surface area (Å²) in [6.45, 7) is 1.44. The number of rotatable bonds is 4. The topological polar surface area (TPSA) is 97.1 Å². The Morgan fingerprint density at radius 3 is 2.83 bits per heavy atom. The largest absolute Gasteiger partial charge is 0.360 e. The maximum absolute atomic E-state index is 12.3. The maximum Gasteiger partial charge on any atom is 0.277 e. The molecule has 1 aliphatic rings. The summed E-state index contributed by atoms with van der Waals surface area (Å²) in [7, 11) is 0. The van der Waals surface area contributed by atoms with E-state index in [1.807, 2.05) is 6.07 Å². The average Bonchev–Trinajstić information content (AvgIpc) is 3.12. The quantitative estimate of drug-likeness (QED) is 0.757. The van der Waals surface area contributed by atoms with E-state index >= 15 is 0 Å². The van der Waals surface area contributed by atoms with E-state index in [-0.39, 0.29) is 17.5 Å². The molecule has 1 aromatic carbocycles. The second-order valence-electron chi connectivity index (χ2n) is 5.73. The second kappa shape index (κ2) is 5.72. The molecule has 2 aromatic heterocycles. The molecule has 0 saturated heterocycles. The van der Waals surface area contributed by atoms with Crippen LogP contribution in [0.15, 0.2) is 28.8 Å². The third-order valence-electron chi connectivity index (χ3n) is 3.67. The highest BCUT2D eigenvalue weighted by molar-refractivity contribution is 7.22. The van der Waals surface area contributed by atoms with E-state index in [0.29, 0.717) is 16.7 Å². The zero-order valence-electron chi connectivity index (χ0n) is 12.8. The van der Waals surface area contributed by atoms with Crippen molar-refractivity contribution in [3.63, 3.8) is 0 Å². The first-order valence-corrected chi connectivity index (χ1v) is 8.36. The Morgan fingerprint density at radius 2 is 2.08 bits per heavy atom. The van der Waals surface area contributed by atoms with Crippen molar-refractivity contribution in [1.82, 2.24) is 10.1 Å². The molecule has 2 N–H and O–H groups in total. The van der Waals surface area contributed by atoms with Gasteiger partial charge in [0.1, 0.15) is 5.76 Å². The molecular formula is C16H14N4O3S. The summed E-state index contributed by atoms with van der Waals surface area (Å²) >= 11 is 1.35. The number of carbonyl (C=O) groups excluding carboxylic acids is 2. The van der Waals surface area contributed by atoms with Crippen molar-refractivity contribution >= 4 is 44.2 Å². The molecule has 4 rings (SSSR count). The van der Waals surface area contributed by atoms with Crippen LogP contribution in [0.1, 0.15) is 41.9 Å². The number of amides is 2. The van der Waals surface area contributed by atoms with Crippen molar-refractivity contribution < 1.29 is 14.1 Å². The summed E-state index contributed by atoms with van der Waals surface area (Å²) in [4.78, 5) is 27.7. The molecule has 1 fully saturated rings. The van der Waals surface area contributed by atoms with E-state index in [1.165, 1.54) is 18.3 Å². The van der Waals surface area contributed by atoms with Crippen LogP contribution in [0.3, 0.4) is 0 Å². The normalized spacial score (nSPS) is 13.9. The predicted octanol–water partition coefficient (Wildman–Crippen LogP) is 3.37. The Morgan fingerprint density at radius 1 is 1.25 bits per heavy atom. The van der Waals surface area contributed by atoms with Gasteiger partial charge in [0.05, 0.1) is 10.2 Å². The molecule has 2 amide bonds. The van der Waals surface area contributed by atoms with Gasteiger partial charge < -0.3 is 15.2 Å². The smallest absolute Gasteiger partial charge is 0.277 e. The van der Waals surface area contributed by atoms with Gasteiger partial charge in [-0.25, -0.2) is 4.98 Å². The lowest BCUT2D eigenvalue weighted by molar-refractivity contribution is -0.114. The maximum atomic E-state index is 12.3. The van der Waals surface area contributed by atoms with Crippen molar-refractivity contribution in [3.05, 3.63) is 35.7 Å². The Hall–Kier alpha value is -2.74. The summed E-state index contributed by atoms with van der Waals surface area (Å²) < 4.78 is 6.07. The van der Waals surface area contributed by atoms with E-state index in [4.69, 9.17) is 4.52 Å². The minimum atomic E-state index is -0.309. The number of anilines is 2. The van der Waals surface area contributed by atoms with Crippen LogP contribution in [0.25, 0.3) is 10.2 Å². The summed E-state index contributed by atoms with van der Waals surface area (Å²) in [6.07, 6.45) is 2.18. The number of carbonyl (C=O) groups is 2. The molecule has 0 aliphatic heterocycles. The summed E-state index contributed by atoms with van der Waals surface area (Å²) in [5.74, 6) is 0.717. The highest BCUT2D eigenvalue weighted by atomic mass is 32.1. The number of thiazole rings is 1. The first-order valence-electron chi connectivity index (χ1n) is 7.54. The van der Waals surface area contributed by atoms with Gasteiger partial charge in [-0.15, -0.1) is 0 Å². The molecular weight excluding hydrogens is 328 g/mol. The van der Waals surface area contributed by atoms with E-state index in [2.05, 4.69) is 20.8 Å². The summed E-state index contributed by atoms with van der Waals surface area (Å²) in [5.41, 5.74) is 1.68. The van der Waals surface area contributed by atoms with E-state index < -0.39 is 0 Å². The second-order valence-corrected chi connectivity index (χ2v) is 6.76. The molecule has 7 nitrogen and oxygen atoms in total. The van der Waals surface area contributed by atoms with Gasteiger partial charge >= 0.3 is 0 Å². The first kappa shape index (κ1) is 14.8. The number of nitrogens with one attached hydrogen (secondary N) is 2. The van der Waals surface area contributed by atoms with Gasteiger partial charge in [0.25, 0.3) is 5.91 Å². The van der Waals surface area contributed by atoms with Crippen LogP contribution in [0, 0.1) is 0 Å². The molecule has 8 heteroatoms. The van der Waals surface area contributed by atoms with Crippen LogP contribution < -0.4 is 10.6 Å². The van der Waals surface area contributed by atoms with Gasteiger partial charge in [-0.1, -0.05) is 16.5 Å². The van der Waals surface area contributed by atoms with Crippen LogP contribution in [-0.2, 0) is 4.79 Å². The number of aromatic nitrogens is 2. The molecule has 0 atom stereocenters. The first-order chi connectivity index (χ1) is 11.6. The molecule has 0 radical (unpaired) electrons. The van der Waals surface area contributed by atoms with Crippen LogP contribution in [-0.4, -0.2) is 22.0 Å². The lowest BCUT2D eigenvalue weighted by Crippen LogP contribution is -2.11. The zero-order chi connectivity index (χ0) is 16.7. The number of nitrogens with zero attached hydrogens (tertiary/aromatic N) is 2. The molecule has 122 valence electrons. The molecule has 3 aromatic rings. The van der Waals surface area contributed by atoms with Crippen molar-refractivity contribution in [2.75, 3.05) is 10.6 Å². The number of benzene rings is 1. The molecule has 0 unspecified atom stereocenters. The Kier molecular flexibility index (Phi) is 3.53. The molecule has 1 aliphatic carbocycles. The fraction of sp³-hybridized carbons (Fsp3) is 0.250. The van der Waals surface area contributed by atoms with E-state index in [0.717, 1.165) is 28.8 Å². The monoisotopic (exact) mass is 342 g/mol. The van der Waals surface area contributed by atoms with Gasteiger partial charge in [0, 0.05) is 24.6 Å². The van der Waals surface area contributed by atoms with Gasteiger partial charge in [-0.05, 0) is 31.0 Å². The van der Waals surface area contributed by atoms with Crippen LogP contribution in [0.5, 0.6) is 0 Å². The predicted molar refractivity (Wildman–Crippen MR) is 90.4 cm³/mol. The van der Waals surface area contributed by atoms with Crippen molar-refractivity contribution in [2.24, 2.45) is 0 Å². The molecule has 1 saturated carbocycles. The van der Waals surface area contributed by atoms with Gasteiger partial charge in [0.2, 0.25) is 5.91 Å². The Bertz CT molecular complexity index is 942. The number of fused-ring (bicyclic) bond motifs is 1. The SMILES string of the molecule is CC(=O)Nc1nc2ccc(NC(=O)c3cc(C4CC4)on3)cc2s1. The number of hydrogen-bond donors (Lipinski definition) is 2. The summed E-state index contributed by atoms with van der Waals surface area (Å²) in [5, 5.41) is 9.82. The lowest BCUT2D eigenvalue weighted by Gasteiger charge is -2.01. The van der Waals surface area contributed by atoms with Gasteiger partial charge in [0.15, 0.2) is 10.8 Å². The van der Waals surface area contributed by atoms with E-state index in [1.54, 1.807) is 18.2 Å². The van der Waals surface area contributed by atoms with Crippen molar-refractivity contribution in [3.8, 4) is 0 Å². The third-order valence-corrected chi connectivity index (χ3v) is 4.60. The minimum Gasteiger partial charge on any atom is -0.360 e. The Balaban J connectivity index is 1.52. The molecule has 2 heterocycles. The highest BCUT2D eigenvalue weighted by Gasteiger charge is 2.28. The highest BCUT2D eigenvalue weighted by Crippen LogP contribution is 2.40. The fourth-order valence-corrected chi connectivity index (χ4v) is 3.31. The standard InChI is InChI=1S/C16H14N4O3S/c1-8(21)17-16-19-11-5-4-10(6-14(11)24-16)18-15(22)12-7-13(23-20-12)9-2-3-9/h4-7,9H,2-3H2,1H3,(H,18,22)(H,17,19,21). The van der Waals surface area contributed by atoms with Crippen LogP contribution in [0.4, 0.5) is 10.8 Å². The minimum absolute atomic E-state index is 0.167. The fourth-order valence-electron chi connectivity index (χ4n) is 2.36. The van der Waals surface area contributed by atoms with Crippen molar-refractivity contribution in [1.29, 1.82) is 0 Å². The van der Waals surface area contributed by atoms with Crippen LogP contribution >= 0.6 is 11.3 Å².